The average molecular weight is 421 g/mol. The first kappa shape index (κ1) is 19.8. The number of fused-ring (bicyclic) bond motifs is 2. The highest BCUT2D eigenvalue weighted by Gasteiger charge is 2.39. The van der Waals surface area contributed by atoms with Gasteiger partial charge >= 0.3 is 6.03 Å². The summed E-state index contributed by atoms with van der Waals surface area (Å²) in [7, 11) is 2.14. The predicted octanol–water partition coefficient (Wildman–Crippen LogP) is 3.29. The molecule has 3 heterocycles. The summed E-state index contributed by atoms with van der Waals surface area (Å²) in [6.07, 6.45) is 5.67. The van der Waals surface area contributed by atoms with Crippen LogP contribution in [0.1, 0.15) is 61.7 Å². The molecule has 0 radical (unpaired) electrons. The first-order chi connectivity index (χ1) is 15.0. The van der Waals surface area contributed by atoms with Crippen LogP contribution in [0.3, 0.4) is 0 Å². The van der Waals surface area contributed by atoms with Crippen molar-refractivity contribution < 1.29 is 9.53 Å². The minimum atomic E-state index is -0.505. The lowest BCUT2D eigenvalue weighted by Crippen LogP contribution is -2.37. The molecule has 3 atom stereocenters. The van der Waals surface area contributed by atoms with E-state index in [4.69, 9.17) is 10.5 Å². The van der Waals surface area contributed by atoms with Crippen molar-refractivity contribution in [3.8, 4) is 5.75 Å². The number of hydrogen-bond donors (Lipinski definition) is 2. The molecule has 2 amide bonds. The second-order valence-electron chi connectivity index (χ2n) is 8.79. The molecule has 3 aromatic rings. The molecule has 1 aliphatic carbocycles. The quantitative estimate of drug-likeness (QED) is 0.675. The monoisotopic (exact) mass is 420 g/mol. The number of pyridine rings is 1. The Morgan fingerprint density at radius 3 is 2.74 bits per heavy atom. The zero-order valence-electron chi connectivity index (χ0n) is 17.9. The summed E-state index contributed by atoms with van der Waals surface area (Å²) in [5, 5.41) is 11.8. The smallest absolute Gasteiger partial charge is 0.312 e. The molecular formula is C23H28N6O2. The second kappa shape index (κ2) is 7.53. The first-order valence-corrected chi connectivity index (χ1v) is 10.8. The van der Waals surface area contributed by atoms with Crippen LogP contribution in [0.5, 0.6) is 5.75 Å². The van der Waals surface area contributed by atoms with Gasteiger partial charge in [-0.05, 0) is 69.5 Å². The molecule has 0 saturated carbocycles. The fraction of sp³-hybridized carbons (Fsp3) is 0.435. The van der Waals surface area contributed by atoms with Crippen molar-refractivity contribution in [1.82, 2.24) is 24.8 Å². The van der Waals surface area contributed by atoms with Crippen LogP contribution < -0.4 is 15.8 Å². The molecule has 5 rings (SSSR count). The molecular weight excluding hydrogens is 392 g/mol. The van der Waals surface area contributed by atoms with E-state index in [2.05, 4.69) is 44.9 Å². The van der Waals surface area contributed by atoms with Gasteiger partial charge in [0, 0.05) is 0 Å². The molecule has 31 heavy (non-hydrogen) atoms. The fourth-order valence-corrected chi connectivity index (χ4v) is 5.05. The Morgan fingerprint density at radius 1 is 1.19 bits per heavy atom. The van der Waals surface area contributed by atoms with Crippen LogP contribution in [-0.2, 0) is 5.54 Å². The Hall–Kier alpha value is -3.13. The maximum absolute atomic E-state index is 11.4. The van der Waals surface area contributed by atoms with E-state index in [1.165, 1.54) is 0 Å². The highest BCUT2D eigenvalue weighted by Crippen LogP contribution is 2.40. The van der Waals surface area contributed by atoms with Crippen LogP contribution >= 0.6 is 0 Å². The van der Waals surface area contributed by atoms with Crippen molar-refractivity contribution in [3.63, 3.8) is 0 Å². The highest BCUT2D eigenvalue weighted by atomic mass is 16.5. The summed E-state index contributed by atoms with van der Waals surface area (Å²) in [5.74, 6) is 1.72. The van der Waals surface area contributed by atoms with Gasteiger partial charge in [0.2, 0.25) is 0 Å². The molecule has 1 aromatic carbocycles. The summed E-state index contributed by atoms with van der Waals surface area (Å²) < 4.78 is 8.51. The molecule has 162 valence electrons. The molecule has 8 nitrogen and oxygen atoms in total. The molecule has 0 bridgehead atoms. The maximum Gasteiger partial charge on any atom is 0.312 e. The number of hydrogen-bond acceptors (Lipinski definition) is 5. The number of benzene rings is 1. The van der Waals surface area contributed by atoms with Gasteiger partial charge in [0.1, 0.15) is 11.9 Å². The normalized spacial score (nSPS) is 26.0. The molecule has 1 aliphatic heterocycles. The molecule has 1 fully saturated rings. The van der Waals surface area contributed by atoms with E-state index in [0.29, 0.717) is 0 Å². The summed E-state index contributed by atoms with van der Waals surface area (Å²) in [6, 6.07) is 11.4. The Kier molecular flexibility index (Phi) is 4.81. The number of nitrogens with two attached hydrogens (primary N) is 1. The summed E-state index contributed by atoms with van der Waals surface area (Å²) in [6.45, 7) is 3.29. The van der Waals surface area contributed by atoms with Crippen LogP contribution in [0.4, 0.5) is 4.79 Å². The number of nitrogens with zero attached hydrogens (tertiary/aromatic N) is 4. The zero-order chi connectivity index (χ0) is 21.6. The van der Waals surface area contributed by atoms with E-state index in [9.17, 15) is 4.79 Å². The molecule has 8 heteroatoms. The van der Waals surface area contributed by atoms with Gasteiger partial charge in [-0.2, -0.15) is 0 Å². The van der Waals surface area contributed by atoms with Crippen LogP contribution in [0.25, 0.3) is 5.65 Å². The van der Waals surface area contributed by atoms with Crippen molar-refractivity contribution in [2.24, 2.45) is 5.73 Å². The number of carbonyl (C=O) groups is 1. The molecule has 2 aliphatic rings. The third kappa shape index (κ3) is 3.40. The Balaban J connectivity index is 1.46. The van der Waals surface area contributed by atoms with Gasteiger partial charge in [0.25, 0.3) is 0 Å². The standard InChI is InChI=1S/C23H28N6O2/c1-23(12-5-13-28(23)2)21-27-26-20-11-8-15(14-29(20)21)31-19-10-9-18(25-22(24)30)16-6-3-4-7-17(16)19/h3-4,6-8,11,14,18-19H,5,9-10,12-13H2,1-2H3,(H3,24,25,30)/t18-,19+,23?/m0/s1. The number of carbonyl (C=O) groups excluding carboxylic acids is 1. The number of aromatic nitrogens is 3. The van der Waals surface area contributed by atoms with E-state index in [1.54, 1.807) is 0 Å². The summed E-state index contributed by atoms with van der Waals surface area (Å²) in [4.78, 5) is 13.7. The third-order valence-electron chi connectivity index (χ3n) is 6.89. The number of likely N-dealkylation sites (tertiary alicyclic amines) is 1. The second-order valence-corrected chi connectivity index (χ2v) is 8.79. The zero-order valence-corrected chi connectivity index (χ0v) is 17.9. The average Bonchev–Trinajstić information content (AvgIpc) is 3.33. The number of urea groups is 1. The van der Waals surface area contributed by atoms with Gasteiger partial charge < -0.3 is 15.8 Å². The van der Waals surface area contributed by atoms with Crippen LogP contribution in [0.2, 0.25) is 0 Å². The van der Waals surface area contributed by atoms with Gasteiger partial charge in [-0.15, -0.1) is 10.2 Å². The van der Waals surface area contributed by atoms with E-state index >= 15 is 0 Å². The topological polar surface area (TPSA) is 97.8 Å². The van der Waals surface area contributed by atoms with Gasteiger partial charge in [0.05, 0.1) is 17.8 Å². The Bertz CT molecular complexity index is 1130. The summed E-state index contributed by atoms with van der Waals surface area (Å²) in [5.41, 5.74) is 8.19. The highest BCUT2D eigenvalue weighted by molar-refractivity contribution is 5.72. The lowest BCUT2D eigenvalue weighted by Gasteiger charge is -2.32. The van der Waals surface area contributed by atoms with Crippen molar-refractivity contribution in [2.45, 2.75) is 50.3 Å². The molecule has 1 saturated heterocycles. The maximum atomic E-state index is 11.4. The van der Waals surface area contributed by atoms with Gasteiger partial charge in [-0.25, -0.2) is 4.79 Å². The minimum Gasteiger partial charge on any atom is -0.484 e. The van der Waals surface area contributed by atoms with Crippen molar-refractivity contribution in [2.75, 3.05) is 13.6 Å². The SMILES string of the molecule is CN1CCCC1(C)c1nnc2ccc(O[C@@H]3CC[C@H](NC(N)=O)c4ccccc43)cn12. The van der Waals surface area contributed by atoms with Crippen molar-refractivity contribution >= 4 is 11.7 Å². The van der Waals surface area contributed by atoms with E-state index < -0.39 is 6.03 Å². The lowest BCUT2D eigenvalue weighted by atomic mass is 9.85. The molecule has 1 unspecified atom stereocenters. The predicted molar refractivity (Wildman–Crippen MR) is 117 cm³/mol. The number of ether oxygens (including phenoxy) is 1. The van der Waals surface area contributed by atoms with Crippen LogP contribution in [0, 0.1) is 0 Å². The van der Waals surface area contributed by atoms with Crippen LogP contribution in [0.15, 0.2) is 42.6 Å². The molecule has 3 N–H and O–H groups in total. The number of primary amides is 1. The minimum absolute atomic E-state index is 0.0849. The largest absolute Gasteiger partial charge is 0.484 e. The Labute approximate surface area is 181 Å². The lowest BCUT2D eigenvalue weighted by molar-refractivity contribution is 0.170. The van der Waals surface area contributed by atoms with Crippen molar-refractivity contribution in [3.05, 3.63) is 59.5 Å². The van der Waals surface area contributed by atoms with Gasteiger partial charge in [-0.3, -0.25) is 9.30 Å². The van der Waals surface area contributed by atoms with E-state index in [-0.39, 0.29) is 17.7 Å². The van der Waals surface area contributed by atoms with Crippen LogP contribution in [-0.4, -0.2) is 39.1 Å². The third-order valence-corrected chi connectivity index (χ3v) is 6.89. The fourth-order valence-electron chi connectivity index (χ4n) is 5.05. The number of rotatable bonds is 4. The first-order valence-electron chi connectivity index (χ1n) is 10.8. The van der Waals surface area contributed by atoms with Crippen molar-refractivity contribution in [1.29, 1.82) is 0 Å². The summed E-state index contributed by atoms with van der Waals surface area (Å²) >= 11 is 0. The number of nitrogens with one attached hydrogen (secondary N) is 1. The van der Waals surface area contributed by atoms with E-state index in [0.717, 1.165) is 60.6 Å². The number of amides is 2. The van der Waals surface area contributed by atoms with Gasteiger partial charge in [-0.1, -0.05) is 24.3 Å². The molecule has 2 aromatic heterocycles. The van der Waals surface area contributed by atoms with E-state index in [1.807, 2.05) is 36.5 Å². The molecule has 0 spiro atoms. The Morgan fingerprint density at radius 2 is 2.00 bits per heavy atom. The van der Waals surface area contributed by atoms with Gasteiger partial charge in [0.15, 0.2) is 11.5 Å².